The molecule has 0 radical (unpaired) electrons. The van der Waals surface area contributed by atoms with Gasteiger partial charge in [-0.1, -0.05) is 28.1 Å². The molecule has 3 aromatic rings. The Bertz CT molecular complexity index is 1190. The highest BCUT2D eigenvalue weighted by molar-refractivity contribution is 9.10. The summed E-state index contributed by atoms with van der Waals surface area (Å²) in [6.07, 6.45) is 0. The summed E-state index contributed by atoms with van der Waals surface area (Å²) in [5.41, 5.74) is 1.48. The topological polar surface area (TPSA) is 64.2 Å². The van der Waals surface area contributed by atoms with Crippen LogP contribution < -0.4 is 15.1 Å². The molecular weight excluding hydrogens is 460 g/mol. The maximum atomic E-state index is 13.6. The summed E-state index contributed by atoms with van der Waals surface area (Å²) in [4.78, 5) is 30.1. The van der Waals surface area contributed by atoms with Gasteiger partial charge in [0.05, 0.1) is 50.3 Å². The number of benzene rings is 2. The summed E-state index contributed by atoms with van der Waals surface area (Å²) >= 11 is 3.43. The maximum absolute atomic E-state index is 13.6. The summed E-state index contributed by atoms with van der Waals surface area (Å²) in [6.45, 7) is 7.55. The van der Waals surface area contributed by atoms with Crippen molar-refractivity contribution in [1.82, 2.24) is 4.90 Å². The lowest BCUT2D eigenvalue weighted by Crippen LogP contribution is -3.12. The molecule has 2 heterocycles. The van der Waals surface area contributed by atoms with Gasteiger partial charge in [0.2, 0.25) is 5.76 Å². The number of rotatable bonds is 7. The number of quaternary nitrogens is 1. The normalized spacial score (nSPS) is 15.7. The number of carbonyl (C=O) groups excluding carboxylic acids is 1. The predicted molar refractivity (Wildman–Crippen MR) is 123 cm³/mol. The van der Waals surface area contributed by atoms with Gasteiger partial charge in [0, 0.05) is 4.47 Å². The molecular formula is C24H26BrN2O4+. The summed E-state index contributed by atoms with van der Waals surface area (Å²) in [7, 11) is 1.60. The van der Waals surface area contributed by atoms with Gasteiger partial charge in [-0.15, -0.1) is 0 Å². The zero-order chi connectivity index (χ0) is 22.1. The van der Waals surface area contributed by atoms with Crippen molar-refractivity contribution in [1.29, 1.82) is 0 Å². The summed E-state index contributed by atoms with van der Waals surface area (Å²) in [5.74, 6) is 0.583. The van der Waals surface area contributed by atoms with E-state index < -0.39 is 6.04 Å². The van der Waals surface area contributed by atoms with Gasteiger partial charge in [-0.25, -0.2) is 0 Å². The van der Waals surface area contributed by atoms with Gasteiger partial charge in [-0.05, 0) is 49.7 Å². The molecule has 31 heavy (non-hydrogen) atoms. The average molecular weight is 486 g/mol. The molecule has 1 aromatic heterocycles. The summed E-state index contributed by atoms with van der Waals surface area (Å²) in [5, 5.41) is 0.463. The largest absolute Gasteiger partial charge is 0.497 e. The highest BCUT2D eigenvalue weighted by Crippen LogP contribution is 2.38. The van der Waals surface area contributed by atoms with E-state index in [1.54, 1.807) is 30.2 Å². The number of nitrogens with zero attached hydrogens (tertiary/aromatic N) is 1. The van der Waals surface area contributed by atoms with Crippen LogP contribution in [0, 0.1) is 0 Å². The van der Waals surface area contributed by atoms with Crippen molar-refractivity contribution < 1.29 is 18.8 Å². The summed E-state index contributed by atoms with van der Waals surface area (Å²) in [6, 6.07) is 12.3. The van der Waals surface area contributed by atoms with E-state index in [9.17, 15) is 9.59 Å². The molecule has 0 aliphatic carbocycles. The molecule has 0 saturated heterocycles. The molecule has 1 aliphatic heterocycles. The van der Waals surface area contributed by atoms with Crippen LogP contribution in [0.25, 0.3) is 11.0 Å². The van der Waals surface area contributed by atoms with Crippen molar-refractivity contribution in [3.05, 3.63) is 74.0 Å². The van der Waals surface area contributed by atoms with E-state index in [4.69, 9.17) is 9.15 Å². The number of fused-ring (bicyclic) bond motifs is 2. The number of amides is 1. The SMILES string of the molecule is CC[NH+](CC)CCN1C(=O)c2oc3ccc(Br)cc3c(=O)c2[C@@H]1c1cccc(OC)c1. The van der Waals surface area contributed by atoms with Crippen molar-refractivity contribution in [2.45, 2.75) is 19.9 Å². The number of nitrogens with one attached hydrogen (secondary N) is 1. The molecule has 0 bridgehead atoms. The molecule has 0 unspecified atom stereocenters. The van der Waals surface area contributed by atoms with Crippen LogP contribution in [0.4, 0.5) is 0 Å². The highest BCUT2D eigenvalue weighted by atomic mass is 79.9. The minimum absolute atomic E-state index is 0.141. The molecule has 0 fully saturated rings. The lowest BCUT2D eigenvalue weighted by molar-refractivity contribution is -0.895. The molecule has 0 spiro atoms. The van der Waals surface area contributed by atoms with E-state index in [1.165, 1.54) is 4.90 Å². The standard InChI is InChI=1S/C24H25BrN2O4/c1-4-26(5-2)11-12-27-21(15-7-6-8-17(13-15)30-3)20-22(28)18-14-16(25)9-10-19(18)31-23(20)24(27)29/h6-10,13-14,21H,4-5,11-12H2,1-3H3/p+1/t21-/m0/s1. The number of carbonyl (C=O) groups is 1. The third-order valence-corrected chi connectivity index (χ3v) is 6.54. The van der Waals surface area contributed by atoms with Crippen molar-refractivity contribution >= 4 is 32.8 Å². The van der Waals surface area contributed by atoms with Crippen LogP contribution in [0.5, 0.6) is 5.75 Å². The molecule has 1 aliphatic rings. The van der Waals surface area contributed by atoms with E-state index in [0.717, 1.165) is 29.7 Å². The number of ether oxygens (including phenoxy) is 1. The Labute approximate surface area is 189 Å². The molecule has 1 amide bonds. The lowest BCUT2D eigenvalue weighted by atomic mass is 9.98. The Balaban J connectivity index is 1.89. The van der Waals surface area contributed by atoms with Gasteiger partial charge in [-0.2, -0.15) is 0 Å². The van der Waals surface area contributed by atoms with Crippen LogP contribution in [0.15, 0.2) is 56.1 Å². The molecule has 162 valence electrons. The Morgan fingerprint density at radius 1 is 1.13 bits per heavy atom. The first-order valence-electron chi connectivity index (χ1n) is 10.5. The van der Waals surface area contributed by atoms with Gasteiger partial charge < -0.3 is 19.0 Å². The average Bonchev–Trinajstić information content (AvgIpc) is 3.07. The zero-order valence-corrected chi connectivity index (χ0v) is 19.5. The monoisotopic (exact) mass is 485 g/mol. The summed E-state index contributed by atoms with van der Waals surface area (Å²) < 4.78 is 12.2. The van der Waals surface area contributed by atoms with Crippen molar-refractivity contribution in [3.8, 4) is 5.75 Å². The number of hydrogen-bond acceptors (Lipinski definition) is 4. The van der Waals surface area contributed by atoms with E-state index in [2.05, 4.69) is 29.8 Å². The molecule has 4 rings (SSSR count). The second-order valence-electron chi connectivity index (χ2n) is 7.70. The molecule has 6 nitrogen and oxygen atoms in total. The van der Waals surface area contributed by atoms with Crippen LogP contribution in [-0.2, 0) is 0 Å². The third kappa shape index (κ3) is 3.88. The maximum Gasteiger partial charge on any atom is 0.291 e. The highest BCUT2D eigenvalue weighted by Gasteiger charge is 2.43. The third-order valence-electron chi connectivity index (χ3n) is 6.04. The Morgan fingerprint density at radius 2 is 1.90 bits per heavy atom. The number of methoxy groups -OCH3 is 1. The first kappa shape index (κ1) is 21.6. The fourth-order valence-corrected chi connectivity index (χ4v) is 4.62. The first-order chi connectivity index (χ1) is 15.0. The predicted octanol–water partition coefficient (Wildman–Crippen LogP) is 3.03. The lowest BCUT2D eigenvalue weighted by Gasteiger charge is -2.27. The second kappa shape index (κ2) is 8.85. The van der Waals surface area contributed by atoms with Crippen LogP contribution in [0.1, 0.15) is 41.6 Å². The van der Waals surface area contributed by atoms with Crippen molar-refractivity contribution in [3.63, 3.8) is 0 Å². The van der Waals surface area contributed by atoms with Gasteiger partial charge in [0.1, 0.15) is 11.3 Å². The van der Waals surface area contributed by atoms with E-state index in [1.807, 2.05) is 24.3 Å². The van der Waals surface area contributed by atoms with Crippen LogP contribution in [0.3, 0.4) is 0 Å². The molecule has 1 N–H and O–H groups in total. The minimum atomic E-state index is -0.507. The quantitative estimate of drug-likeness (QED) is 0.558. The van der Waals surface area contributed by atoms with Crippen LogP contribution in [-0.4, -0.2) is 44.1 Å². The fourth-order valence-electron chi connectivity index (χ4n) is 4.26. The molecule has 0 saturated carbocycles. The van der Waals surface area contributed by atoms with E-state index in [0.29, 0.717) is 28.8 Å². The number of halogens is 1. The van der Waals surface area contributed by atoms with E-state index in [-0.39, 0.29) is 17.1 Å². The Hall–Kier alpha value is -2.64. The smallest absolute Gasteiger partial charge is 0.291 e. The number of hydrogen-bond donors (Lipinski definition) is 1. The molecule has 7 heteroatoms. The molecule has 2 aromatic carbocycles. The van der Waals surface area contributed by atoms with Crippen LogP contribution >= 0.6 is 15.9 Å². The van der Waals surface area contributed by atoms with Gasteiger partial charge in [0.25, 0.3) is 5.91 Å². The molecule has 1 atom stereocenters. The zero-order valence-electron chi connectivity index (χ0n) is 17.9. The van der Waals surface area contributed by atoms with Crippen molar-refractivity contribution in [2.75, 3.05) is 33.3 Å². The van der Waals surface area contributed by atoms with Gasteiger partial charge >= 0.3 is 0 Å². The Morgan fingerprint density at radius 3 is 2.61 bits per heavy atom. The fraction of sp³-hybridized carbons (Fsp3) is 0.333. The van der Waals surface area contributed by atoms with Crippen molar-refractivity contribution in [2.24, 2.45) is 0 Å². The second-order valence-corrected chi connectivity index (χ2v) is 8.61. The minimum Gasteiger partial charge on any atom is -0.497 e. The van der Waals surface area contributed by atoms with Crippen LogP contribution in [0.2, 0.25) is 0 Å². The Kier molecular flexibility index (Phi) is 6.16. The van der Waals surface area contributed by atoms with E-state index >= 15 is 0 Å². The first-order valence-corrected chi connectivity index (χ1v) is 11.3. The number of likely N-dealkylation sites (N-methyl/N-ethyl adjacent to an activating group) is 1. The van der Waals surface area contributed by atoms with Gasteiger partial charge in [0.15, 0.2) is 5.43 Å². The van der Waals surface area contributed by atoms with Gasteiger partial charge in [-0.3, -0.25) is 9.59 Å².